The van der Waals surface area contributed by atoms with Gasteiger partial charge in [-0.2, -0.15) is 4.98 Å². The van der Waals surface area contributed by atoms with Gasteiger partial charge < -0.3 is 9.84 Å². The van der Waals surface area contributed by atoms with Crippen LogP contribution in [0.4, 0.5) is 10.2 Å². The second kappa shape index (κ2) is 7.21. The van der Waals surface area contributed by atoms with Crippen LogP contribution in [0.2, 0.25) is 5.02 Å². The quantitative estimate of drug-likeness (QED) is 0.734. The summed E-state index contributed by atoms with van der Waals surface area (Å²) < 4.78 is 19.1. The molecule has 0 atom stereocenters. The van der Waals surface area contributed by atoms with Gasteiger partial charge in [0.25, 0.3) is 5.91 Å². The van der Waals surface area contributed by atoms with E-state index >= 15 is 0 Å². The largest absolute Gasteiger partial charge is 0.339 e. The van der Waals surface area contributed by atoms with Gasteiger partial charge in [0.2, 0.25) is 11.7 Å². The van der Waals surface area contributed by atoms with Crippen LogP contribution in [0.5, 0.6) is 0 Å². The SMILES string of the molecule is CCc1nc(-c2c(C)cc(C)nc2NC(=O)c2cc(Cl)ccc2F)no1. The van der Waals surface area contributed by atoms with Crippen molar-refractivity contribution in [2.75, 3.05) is 5.32 Å². The Morgan fingerprint density at radius 1 is 1.27 bits per heavy atom. The van der Waals surface area contributed by atoms with Crippen LogP contribution in [0.25, 0.3) is 11.4 Å². The van der Waals surface area contributed by atoms with E-state index in [4.69, 9.17) is 16.1 Å². The molecule has 0 spiro atoms. The summed E-state index contributed by atoms with van der Waals surface area (Å²) >= 11 is 5.87. The van der Waals surface area contributed by atoms with Crippen molar-refractivity contribution in [3.8, 4) is 11.4 Å². The van der Waals surface area contributed by atoms with Gasteiger partial charge in [0, 0.05) is 17.1 Å². The molecule has 0 radical (unpaired) electrons. The van der Waals surface area contributed by atoms with Crippen molar-refractivity contribution < 1.29 is 13.7 Å². The number of aryl methyl sites for hydroxylation is 3. The molecule has 0 aliphatic heterocycles. The molecule has 3 rings (SSSR count). The lowest BCUT2D eigenvalue weighted by atomic mass is 10.1. The van der Waals surface area contributed by atoms with Gasteiger partial charge in [-0.15, -0.1) is 0 Å². The minimum Gasteiger partial charge on any atom is -0.339 e. The van der Waals surface area contributed by atoms with Gasteiger partial charge in [-0.3, -0.25) is 4.79 Å². The summed E-state index contributed by atoms with van der Waals surface area (Å²) in [5.41, 5.74) is 1.84. The van der Waals surface area contributed by atoms with Crippen LogP contribution < -0.4 is 5.32 Å². The smallest absolute Gasteiger partial charge is 0.259 e. The van der Waals surface area contributed by atoms with Crippen molar-refractivity contribution in [3.05, 3.63) is 57.8 Å². The number of anilines is 1. The van der Waals surface area contributed by atoms with E-state index in [0.717, 1.165) is 11.6 Å². The number of amides is 1. The van der Waals surface area contributed by atoms with E-state index in [2.05, 4.69) is 20.4 Å². The highest BCUT2D eigenvalue weighted by Crippen LogP contribution is 2.29. The Morgan fingerprint density at radius 2 is 2.04 bits per heavy atom. The van der Waals surface area contributed by atoms with E-state index in [1.165, 1.54) is 12.1 Å². The first kappa shape index (κ1) is 18.0. The molecule has 1 N–H and O–H groups in total. The number of pyridine rings is 1. The third kappa shape index (κ3) is 3.57. The summed E-state index contributed by atoms with van der Waals surface area (Å²) in [4.78, 5) is 21.2. The van der Waals surface area contributed by atoms with E-state index in [0.29, 0.717) is 29.4 Å². The molecule has 0 saturated carbocycles. The van der Waals surface area contributed by atoms with E-state index in [1.807, 2.05) is 19.9 Å². The average Bonchev–Trinajstić information content (AvgIpc) is 3.05. The fraction of sp³-hybridized carbons (Fsp3) is 0.222. The third-order valence-corrected chi connectivity index (χ3v) is 3.98. The molecule has 3 aromatic rings. The molecule has 0 unspecified atom stereocenters. The Hall–Kier alpha value is -2.80. The molecule has 0 aliphatic carbocycles. The van der Waals surface area contributed by atoms with Gasteiger partial charge in [-0.1, -0.05) is 23.7 Å². The summed E-state index contributed by atoms with van der Waals surface area (Å²) in [5, 5.41) is 6.84. The van der Waals surface area contributed by atoms with Crippen LogP contribution >= 0.6 is 11.6 Å². The molecule has 26 heavy (non-hydrogen) atoms. The zero-order valence-corrected chi connectivity index (χ0v) is 15.2. The highest BCUT2D eigenvalue weighted by molar-refractivity contribution is 6.31. The minimum atomic E-state index is -0.675. The van der Waals surface area contributed by atoms with Crippen molar-refractivity contribution in [3.63, 3.8) is 0 Å². The maximum Gasteiger partial charge on any atom is 0.259 e. The minimum absolute atomic E-state index is 0.174. The Labute approximate surface area is 154 Å². The van der Waals surface area contributed by atoms with Crippen LogP contribution in [0.15, 0.2) is 28.8 Å². The van der Waals surface area contributed by atoms with Gasteiger partial charge in [0.15, 0.2) is 0 Å². The number of carbonyl (C=O) groups excluding carboxylic acids is 1. The Balaban J connectivity index is 2.04. The molecule has 0 aliphatic rings. The van der Waals surface area contributed by atoms with Crippen LogP contribution in [0.3, 0.4) is 0 Å². The normalized spacial score (nSPS) is 10.8. The lowest BCUT2D eigenvalue weighted by molar-refractivity contribution is 0.102. The first-order valence-electron chi connectivity index (χ1n) is 7.96. The summed E-state index contributed by atoms with van der Waals surface area (Å²) in [7, 11) is 0. The van der Waals surface area contributed by atoms with Crippen LogP contribution in [-0.2, 0) is 6.42 Å². The number of nitrogens with one attached hydrogen (secondary N) is 1. The van der Waals surface area contributed by atoms with E-state index < -0.39 is 11.7 Å². The Morgan fingerprint density at radius 3 is 2.73 bits per heavy atom. The van der Waals surface area contributed by atoms with Gasteiger partial charge in [0.1, 0.15) is 11.6 Å². The molecule has 134 valence electrons. The molecule has 1 amide bonds. The molecule has 0 fully saturated rings. The fourth-order valence-electron chi connectivity index (χ4n) is 2.56. The van der Waals surface area contributed by atoms with Crippen molar-refractivity contribution in [2.24, 2.45) is 0 Å². The number of aromatic nitrogens is 3. The van der Waals surface area contributed by atoms with Gasteiger partial charge in [0.05, 0.1) is 11.1 Å². The summed E-state index contributed by atoms with van der Waals surface area (Å²) in [6.07, 6.45) is 0.584. The molecule has 8 heteroatoms. The first-order chi connectivity index (χ1) is 12.4. The van der Waals surface area contributed by atoms with Crippen molar-refractivity contribution >= 4 is 23.3 Å². The highest BCUT2D eigenvalue weighted by atomic mass is 35.5. The summed E-state index contributed by atoms with van der Waals surface area (Å²) in [5.74, 6) is -0.323. The monoisotopic (exact) mass is 374 g/mol. The van der Waals surface area contributed by atoms with Gasteiger partial charge in [-0.25, -0.2) is 9.37 Å². The van der Waals surface area contributed by atoms with E-state index in [9.17, 15) is 9.18 Å². The number of halogens is 2. The zero-order chi connectivity index (χ0) is 18.8. The molecule has 1 aromatic carbocycles. The molecule has 6 nitrogen and oxygen atoms in total. The zero-order valence-electron chi connectivity index (χ0n) is 14.4. The molecule has 0 bridgehead atoms. The van der Waals surface area contributed by atoms with E-state index in [1.54, 1.807) is 6.92 Å². The summed E-state index contributed by atoms with van der Waals surface area (Å²) in [6.45, 7) is 5.53. The third-order valence-electron chi connectivity index (χ3n) is 3.74. The Bertz CT molecular complexity index is 987. The molecule has 0 saturated heterocycles. The predicted molar refractivity (Wildman–Crippen MR) is 95.7 cm³/mol. The summed E-state index contributed by atoms with van der Waals surface area (Å²) in [6, 6.07) is 5.62. The predicted octanol–water partition coefficient (Wildman–Crippen LogP) is 4.36. The van der Waals surface area contributed by atoms with Crippen molar-refractivity contribution in [1.82, 2.24) is 15.1 Å². The molecule has 2 heterocycles. The maximum atomic E-state index is 14.0. The highest BCUT2D eigenvalue weighted by Gasteiger charge is 2.20. The maximum absolute atomic E-state index is 14.0. The molecule has 2 aromatic heterocycles. The molecular formula is C18H16ClFN4O2. The Kier molecular flexibility index (Phi) is 4.99. The topological polar surface area (TPSA) is 80.9 Å². The second-order valence-electron chi connectivity index (χ2n) is 5.75. The fourth-order valence-corrected chi connectivity index (χ4v) is 2.73. The van der Waals surface area contributed by atoms with Crippen LogP contribution in [0, 0.1) is 19.7 Å². The number of nitrogens with zero attached hydrogens (tertiary/aromatic N) is 3. The second-order valence-corrected chi connectivity index (χ2v) is 6.18. The van der Waals surface area contributed by atoms with Crippen LogP contribution in [-0.4, -0.2) is 21.0 Å². The number of rotatable bonds is 4. The van der Waals surface area contributed by atoms with Crippen LogP contribution in [0.1, 0.15) is 34.4 Å². The van der Waals surface area contributed by atoms with Gasteiger partial charge >= 0.3 is 0 Å². The van der Waals surface area contributed by atoms with Crippen molar-refractivity contribution in [1.29, 1.82) is 0 Å². The standard InChI is InChI=1S/C18H16ClFN4O2/c1-4-14-22-17(24-26-14)15-9(2)7-10(3)21-16(15)23-18(25)12-8-11(19)5-6-13(12)20/h5-8H,4H2,1-3H3,(H,21,23,25). The number of benzene rings is 1. The van der Waals surface area contributed by atoms with Gasteiger partial charge in [-0.05, 0) is 43.7 Å². The number of hydrogen-bond donors (Lipinski definition) is 1. The first-order valence-corrected chi connectivity index (χ1v) is 8.34. The lowest BCUT2D eigenvalue weighted by Gasteiger charge is -2.12. The van der Waals surface area contributed by atoms with E-state index in [-0.39, 0.29) is 16.4 Å². The molecular weight excluding hydrogens is 359 g/mol. The van der Waals surface area contributed by atoms with Crippen molar-refractivity contribution in [2.45, 2.75) is 27.2 Å². The number of hydrogen-bond acceptors (Lipinski definition) is 5. The number of carbonyl (C=O) groups is 1. The average molecular weight is 375 g/mol. The lowest BCUT2D eigenvalue weighted by Crippen LogP contribution is -2.16.